The van der Waals surface area contributed by atoms with Gasteiger partial charge < -0.3 is 14.8 Å². The lowest BCUT2D eigenvalue weighted by Crippen LogP contribution is -2.20. The predicted octanol–water partition coefficient (Wildman–Crippen LogP) is 3.62. The van der Waals surface area contributed by atoms with E-state index in [1.807, 2.05) is 6.07 Å². The molecule has 0 aromatic heterocycles. The molecule has 8 heteroatoms. The number of carbonyl (C=O) groups is 2. The third-order valence-electron chi connectivity index (χ3n) is 4.09. The lowest BCUT2D eigenvalue weighted by molar-refractivity contribution is -0.118. The van der Waals surface area contributed by atoms with Crippen LogP contribution in [0.1, 0.15) is 15.9 Å². The number of hydrazone groups is 1. The maximum absolute atomic E-state index is 12.9. The molecule has 0 saturated heterocycles. The van der Waals surface area contributed by atoms with Crippen molar-refractivity contribution in [3.63, 3.8) is 0 Å². The van der Waals surface area contributed by atoms with Gasteiger partial charge in [-0.05, 0) is 60.2 Å². The Morgan fingerprint density at radius 3 is 2.45 bits per heavy atom. The lowest BCUT2D eigenvalue weighted by atomic mass is 10.2. The van der Waals surface area contributed by atoms with Crippen molar-refractivity contribution in [2.75, 3.05) is 19.0 Å². The monoisotopic (exact) mass is 421 g/mol. The van der Waals surface area contributed by atoms with Crippen LogP contribution in [0.15, 0.2) is 77.9 Å². The van der Waals surface area contributed by atoms with E-state index in [0.29, 0.717) is 28.3 Å². The zero-order valence-corrected chi connectivity index (χ0v) is 16.7. The third kappa shape index (κ3) is 6.40. The van der Waals surface area contributed by atoms with E-state index in [9.17, 15) is 14.0 Å². The number of hydrogen-bond acceptors (Lipinski definition) is 5. The zero-order valence-electron chi connectivity index (χ0n) is 16.7. The Bertz CT molecular complexity index is 1070. The minimum atomic E-state index is -0.400. The molecule has 0 atom stereocenters. The van der Waals surface area contributed by atoms with Gasteiger partial charge in [0.15, 0.2) is 18.1 Å². The van der Waals surface area contributed by atoms with Crippen LogP contribution < -0.4 is 20.2 Å². The third-order valence-corrected chi connectivity index (χ3v) is 4.09. The molecule has 3 rings (SSSR count). The SMILES string of the molecule is COc1cc(C=NNC(=O)c2ccccc2)ccc1OCC(=O)Nc1ccc(F)cc1. The molecule has 0 unspecified atom stereocenters. The van der Waals surface area contributed by atoms with Gasteiger partial charge in [-0.15, -0.1) is 0 Å². The first-order chi connectivity index (χ1) is 15.0. The van der Waals surface area contributed by atoms with Crippen molar-refractivity contribution in [2.24, 2.45) is 5.10 Å². The number of methoxy groups -OCH3 is 1. The van der Waals surface area contributed by atoms with E-state index >= 15 is 0 Å². The Balaban J connectivity index is 1.56. The number of halogens is 1. The summed E-state index contributed by atoms with van der Waals surface area (Å²) in [5.74, 6) is -0.351. The maximum Gasteiger partial charge on any atom is 0.271 e. The standard InChI is InChI=1S/C23H20FN3O4/c1-30-21-13-16(14-25-27-23(29)17-5-3-2-4-6-17)7-12-20(21)31-15-22(28)26-19-10-8-18(24)9-11-19/h2-14H,15H2,1H3,(H,26,28)(H,27,29). The fourth-order valence-corrected chi connectivity index (χ4v) is 2.58. The van der Waals surface area contributed by atoms with Gasteiger partial charge in [0, 0.05) is 11.3 Å². The van der Waals surface area contributed by atoms with Crippen LogP contribution in [0.25, 0.3) is 0 Å². The van der Waals surface area contributed by atoms with Crippen molar-refractivity contribution in [2.45, 2.75) is 0 Å². The molecule has 3 aromatic carbocycles. The van der Waals surface area contributed by atoms with E-state index in [-0.39, 0.29) is 18.3 Å². The van der Waals surface area contributed by atoms with Crippen LogP contribution in [0.5, 0.6) is 11.5 Å². The number of carbonyl (C=O) groups excluding carboxylic acids is 2. The highest BCUT2D eigenvalue weighted by Crippen LogP contribution is 2.27. The van der Waals surface area contributed by atoms with E-state index in [2.05, 4.69) is 15.8 Å². The van der Waals surface area contributed by atoms with Gasteiger partial charge in [-0.3, -0.25) is 9.59 Å². The summed E-state index contributed by atoms with van der Waals surface area (Å²) < 4.78 is 23.7. The molecule has 2 N–H and O–H groups in total. The number of nitrogens with zero attached hydrogens (tertiary/aromatic N) is 1. The minimum absolute atomic E-state index is 0.256. The van der Waals surface area contributed by atoms with Crippen LogP contribution in [-0.2, 0) is 4.79 Å². The molecule has 3 aromatic rings. The summed E-state index contributed by atoms with van der Waals surface area (Å²) in [5, 5.41) is 6.55. The predicted molar refractivity (Wildman–Crippen MR) is 115 cm³/mol. The van der Waals surface area contributed by atoms with E-state index in [1.54, 1.807) is 42.5 Å². The fraction of sp³-hybridized carbons (Fsp3) is 0.0870. The first-order valence-electron chi connectivity index (χ1n) is 9.30. The van der Waals surface area contributed by atoms with Gasteiger partial charge in [0.1, 0.15) is 5.82 Å². The summed E-state index contributed by atoms with van der Waals surface area (Å²) in [7, 11) is 1.47. The molecular weight excluding hydrogens is 401 g/mol. The normalized spacial score (nSPS) is 10.5. The van der Waals surface area contributed by atoms with Crippen molar-refractivity contribution < 1.29 is 23.5 Å². The molecule has 0 spiro atoms. The molecule has 158 valence electrons. The van der Waals surface area contributed by atoms with Crippen molar-refractivity contribution in [3.05, 3.63) is 89.7 Å². The minimum Gasteiger partial charge on any atom is -0.493 e. The highest BCUT2D eigenvalue weighted by atomic mass is 19.1. The molecule has 0 saturated carbocycles. The first-order valence-corrected chi connectivity index (χ1v) is 9.30. The molecule has 0 bridgehead atoms. The Morgan fingerprint density at radius 1 is 1.00 bits per heavy atom. The molecule has 0 aliphatic rings. The molecule has 0 fully saturated rings. The second-order valence-electron chi connectivity index (χ2n) is 6.32. The number of hydrogen-bond donors (Lipinski definition) is 2. The van der Waals surface area contributed by atoms with Crippen molar-refractivity contribution in [1.29, 1.82) is 0 Å². The number of rotatable bonds is 8. The van der Waals surface area contributed by atoms with Crippen molar-refractivity contribution in [1.82, 2.24) is 5.43 Å². The first kappa shape index (κ1) is 21.5. The largest absolute Gasteiger partial charge is 0.493 e. The topological polar surface area (TPSA) is 89.0 Å². The quantitative estimate of drug-likeness (QED) is 0.430. The van der Waals surface area contributed by atoms with Crippen molar-refractivity contribution in [3.8, 4) is 11.5 Å². The average Bonchev–Trinajstić information content (AvgIpc) is 2.80. The average molecular weight is 421 g/mol. The summed E-state index contributed by atoms with van der Waals surface area (Å²) in [6.07, 6.45) is 1.47. The number of amides is 2. The van der Waals surface area contributed by atoms with Crippen LogP contribution in [0.4, 0.5) is 10.1 Å². The Kier molecular flexibility index (Phi) is 7.31. The van der Waals surface area contributed by atoms with E-state index in [4.69, 9.17) is 9.47 Å². The second kappa shape index (κ2) is 10.5. The maximum atomic E-state index is 12.9. The van der Waals surface area contributed by atoms with Gasteiger partial charge >= 0.3 is 0 Å². The number of benzene rings is 3. The van der Waals surface area contributed by atoms with Gasteiger partial charge in [-0.1, -0.05) is 18.2 Å². The Labute approximate surface area is 178 Å². The van der Waals surface area contributed by atoms with Crippen LogP contribution in [0, 0.1) is 5.82 Å². The van der Waals surface area contributed by atoms with E-state index in [1.165, 1.54) is 37.6 Å². The van der Waals surface area contributed by atoms with Crippen LogP contribution in [0.2, 0.25) is 0 Å². The Hall–Kier alpha value is -4.20. The van der Waals surface area contributed by atoms with Gasteiger partial charge in [0.25, 0.3) is 11.8 Å². The highest BCUT2D eigenvalue weighted by molar-refractivity contribution is 5.95. The lowest BCUT2D eigenvalue weighted by Gasteiger charge is -2.11. The van der Waals surface area contributed by atoms with Crippen LogP contribution >= 0.6 is 0 Å². The number of anilines is 1. The van der Waals surface area contributed by atoms with Crippen LogP contribution in [-0.4, -0.2) is 31.7 Å². The number of ether oxygens (including phenoxy) is 2. The number of nitrogens with one attached hydrogen (secondary N) is 2. The second-order valence-corrected chi connectivity index (χ2v) is 6.32. The molecule has 0 radical (unpaired) electrons. The molecular formula is C23H20FN3O4. The summed E-state index contributed by atoms with van der Waals surface area (Å²) in [6.45, 7) is -0.256. The zero-order chi connectivity index (χ0) is 22.1. The van der Waals surface area contributed by atoms with Gasteiger partial charge in [0.05, 0.1) is 13.3 Å². The Morgan fingerprint density at radius 2 is 1.74 bits per heavy atom. The highest BCUT2D eigenvalue weighted by Gasteiger charge is 2.09. The van der Waals surface area contributed by atoms with Gasteiger partial charge in [-0.2, -0.15) is 5.10 Å². The van der Waals surface area contributed by atoms with Crippen molar-refractivity contribution >= 4 is 23.7 Å². The molecule has 0 heterocycles. The molecule has 31 heavy (non-hydrogen) atoms. The summed E-state index contributed by atoms with van der Waals surface area (Å²) >= 11 is 0. The fourth-order valence-electron chi connectivity index (χ4n) is 2.58. The summed E-state index contributed by atoms with van der Waals surface area (Å²) in [5.41, 5.74) is 4.07. The van der Waals surface area contributed by atoms with Gasteiger partial charge in [0.2, 0.25) is 0 Å². The summed E-state index contributed by atoms with van der Waals surface area (Å²) in [4.78, 5) is 24.0. The molecule has 0 aliphatic heterocycles. The molecule has 7 nitrogen and oxygen atoms in total. The molecule has 2 amide bonds. The smallest absolute Gasteiger partial charge is 0.271 e. The summed E-state index contributed by atoms with van der Waals surface area (Å²) in [6, 6.07) is 19.1. The van der Waals surface area contributed by atoms with Gasteiger partial charge in [-0.25, -0.2) is 9.82 Å². The molecule has 0 aliphatic carbocycles. The van der Waals surface area contributed by atoms with Crippen LogP contribution in [0.3, 0.4) is 0 Å². The van der Waals surface area contributed by atoms with E-state index in [0.717, 1.165) is 0 Å². The van der Waals surface area contributed by atoms with E-state index < -0.39 is 5.91 Å².